The van der Waals surface area contributed by atoms with E-state index in [1.165, 1.54) is 4.90 Å². The van der Waals surface area contributed by atoms with Crippen LogP contribution in [0.1, 0.15) is 26.2 Å². The number of fused-ring (bicyclic) bond motifs is 1. The van der Waals surface area contributed by atoms with E-state index in [0.29, 0.717) is 18.1 Å². The topological polar surface area (TPSA) is 63.9 Å². The number of imidazole rings is 1. The van der Waals surface area contributed by atoms with Crippen molar-refractivity contribution < 1.29 is 14.3 Å². The first-order valence-electron chi connectivity index (χ1n) is 7.99. The van der Waals surface area contributed by atoms with Crippen LogP contribution in [0.5, 0.6) is 5.75 Å². The Morgan fingerprint density at radius 1 is 1.29 bits per heavy atom. The molecular formula is C17H19N3O3S. The number of amides is 2. The minimum atomic E-state index is -0.178. The smallest absolute Gasteiger partial charge is 0.293 e. The molecule has 126 valence electrons. The van der Waals surface area contributed by atoms with Crippen LogP contribution >= 0.6 is 11.8 Å². The van der Waals surface area contributed by atoms with Crippen LogP contribution in [0.25, 0.3) is 5.65 Å². The summed E-state index contributed by atoms with van der Waals surface area (Å²) in [5, 5.41) is -0.178. The average molecular weight is 345 g/mol. The third-order valence-corrected chi connectivity index (χ3v) is 4.64. The fraction of sp³-hybridized carbons (Fsp3) is 0.353. The van der Waals surface area contributed by atoms with Crippen LogP contribution in [0.3, 0.4) is 0 Å². The van der Waals surface area contributed by atoms with Crippen molar-refractivity contribution >= 4 is 28.6 Å². The van der Waals surface area contributed by atoms with Crippen molar-refractivity contribution in [1.29, 1.82) is 0 Å². The quantitative estimate of drug-likeness (QED) is 0.568. The van der Waals surface area contributed by atoms with E-state index in [0.717, 1.165) is 42.4 Å². The highest BCUT2D eigenvalue weighted by Gasteiger charge is 2.33. The third-order valence-electron chi connectivity index (χ3n) is 3.68. The standard InChI is InChI=1S/C17H19N3O3S/c1-2-6-14-16(21)20(17(22)24-14)10-3-4-12-23-13-7-5-9-19-11-8-18-15(13)19/h5-9,11H,2-4,10,12H2,1H3/b14-6-. The molecule has 1 aliphatic heterocycles. The van der Waals surface area contributed by atoms with Crippen LogP contribution in [0.2, 0.25) is 0 Å². The molecule has 0 spiro atoms. The maximum Gasteiger partial charge on any atom is 0.293 e. The lowest BCUT2D eigenvalue weighted by Gasteiger charge is -2.12. The van der Waals surface area contributed by atoms with Gasteiger partial charge < -0.3 is 9.14 Å². The molecule has 0 aliphatic carbocycles. The van der Waals surface area contributed by atoms with Crippen molar-refractivity contribution in [1.82, 2.24) is 14.3 Å². The molecule has 1 saturated heterocycles. The number of rotatable bonds is 7. The van der Waals surface area contributed by atoms with E-state index < -0.39 is 0 Å². The second-order valence-corrected chi connectivity index (χ2v) is 6.38. The molecule has 0 N–H and O–H groups in total. The number of pyridine rings is 1. The number of thioether (sulfide) groups is 1. The third kappa shape index (κ3) is 3.46. The van der Waals surface area contributed by atoms with Crippen LogP contribution in [0.15, 0.2) is 41.7 Å². The number of unbranched alkanes of at least 4 members (excludes halogenated alkanes) is 1. The van der Waals surface area contributed by atoms with Gasteiger partial charge in [0.15, 0.2) is 11.4 Å². The first kappa shape index (κ1) is 16.6. The lowest BCUT2D eigenvalue weighted by molar-refractivity contribution is -0.122. The molecule has 1 fully saturated rings. The maximum absolute atomic E-state index is 12.1. The number of hydrogen-bond acceptors (Lipinski definition) is 5. The van der Waals surface area contributed by atoms with Gasteiger partial charge >= 0.3 is 0 Å². The molecule has 0 atom stereocenters. The molecule has 2 aromatic heterocycles. The molecule has 1 aliphatic rings. The van der Waals surface area contributed by atoms with Crippen molar-refractivity contribution in [3.05, 3.63) is 41.7 Å². The molecule has 24 heavy (non-hydrogen) atoms. The Morgan fingerprint density at radius 3 is 3.00 bits per heavy atom. The second-order valence-electron chi connectivity index (χ2n) is 5.39. The summed E-state index contributed by atoms with van der Waals surface area (Å²) in [4.78, 5) is 30.1. The minimum absolute atomic E-state index is 0.171. The van der Waals surface area contributed by atoms with Gasteiger partial charge in [-0.3, -0.25) is 14.5 Å². The molecule has 0 unspecified atom stereocenters. The summed E-state index contributed by atoms with van der Waals surface area (Å²) >= 11 is 1.03. The normalized spacial score (nSPS) is 16.5. The number of hydrogen-bond donors (Lipinski definition) is 0. The Morgan fingerprint density at radius 2 is 2.17 bits per heavy atom. The van der Waals surface area contributed by atoms with Gasteiger partial charge in [-0.15, -0.1) is 0 Å². The summed E-state index contributed by atoms with van der Waals surface area (Å²) in [5.74, 6) is 0.564. The summed E-state index contributed by atoms with van der Waals surface area (Å²) < 4.78 is 7.67. The van der Waals surface area contributed by atoms with Crippen molar-refractivity contribution in [2.75, 3.05) is 13.2 Å². The summed E-state index contributed by atoms with van der Waals surface area (Å²) in [5.41, 5.74) is 0.785. The zero-order valence-electron chi connectivity index (χ0n) is 13.5. The predicted octanol–water partition coefficient (Wildman–Crippen LogP) is 3.48. The zero-order valence-corrected chi connectivity index (χ0v) is 14.3. The molecule has 7 heteroatoms. The number of nitrogens with zero attached hydrogens (tertiary/aromatic N) is 3. The zero-order chi connectivity index (χ0) is 16.9. The van der Waals surface area contributed by atoms with Gasteiger partial charge in [-0.2, -0.15) is 0 Å². The summed E-state index contributed by atoms with van der Waals surface area (Å²) in [7, 11) is 0. The van der Waals surface area contributed by atoms with Crippen molar-refractivity contribution in [2.24, 2.45) is 0 Å². The summed E-state index contributed by atoms with van der Waals surface area (Å²) in [6.07, 6.45) is 9.55. The molecule has 0 saturated carbocycles. The Balaban J connectivity index is 1.46. The van der Waals surface area contributed by atoms with Gasteiger partial charge in [-0.05, 0) is 43.2 Å². The first-order valence-corrected chi connectivity index (χ1v) is 8.80. The molecule has 2 aromatic rings. The Bertz CT molecular complexity index is 784. The number of ether oxygens (including phenoxy) is 1. The van der Waals surface area contributed by atoms with Gasteiger partial charge in [-0.1, -0.05) is 13.0 Å². The fourth-order valence-electron chi connectivity index (χ4n) is 2.50. The molecule has 3 heterocycles. The molecule has 0 aromatic carbocycles. The Hall–Kier alpha value is -2.28. The largest absolute Gasteiger partial charge is 0.490 e. The van der Waals surface area contributed by atoms with E-state index >= 15 is 0 Å². The maximum atomic E-state index is 12.1. The van der Waals surface area contributed by atoms with E-state index in [2.05, 4.69) is 4.98 Å². The number of carbonyl (C=O) groups is 2. The van der Waals surface area contributed by atoms with Gasteiger partial charge in [-0.25, -0.2) is 4.98 Å². The van der Waals surface area contributed by atoms with Gasteiger partial charge in [0, 0.05) is 25.1 Å². The number of aromatic nitrogens is 2. The van der Waals surface area contributed by atoms with Crippen molar-refractivity contribution in [3.63, 3.8) is 0 Å². The molecule has 6 nitrogen and oxygen atoms in total. The van der Waals surface area contributed by atoms with Crippen LogP contribution in [0, 0.1) is 0 Å². The van der Waals surface area contributed by atoms with Crippen LogP contribution < -0.4 is 4.74 Å². The number of carbonyl (C=O) groups excluding carboxylic acids is 2. The highest BCUT2D eigenvalue weighted by atomic mass is 32.2. The van der Waals surface area contributed by atoms with Crippen LogP contribution in [-0.4, -0.2) is 38.6 Å². The Kier molecular flexibility index (Phi) is 5.20. The highest BCUT2D eigenvalue weighted by molar-refractivity contribution is 8.18. The lowest BCUT2D eigenvalue weighted by atomic mass is 10.3. The van der Waals surface area contributed by atoms with Gasteiger partial charge in [0.25, 0.3) is 11.1 Å². The minimum Gasteiger partial charge on any atom is -0.490 e. The SMILES string of the molecule is CC/C=C1\SC(=O)N(CCCCOc2cccn3ccnc23)C1=O. The van der Waals surface area contributed by atoms with Crippen LogP contribution in [-0.2, 0) is 4.79 Å². The lowest BCUT2D eigenvalue weighted by Crippen LogP contribution is -2.29. The second kappa shape index (κ2) is 7.53. The molecular weight excluding hydrogens is 326 g/mol. The molecule has 0 radical (unpaired) electrons. The van der Waals surface area contributed by atoms with Crippen molar-refractivity contribution in [2.45, 2.75) is 26.2 Å². The fourth-order valence-corrected chi connectivity index (χ4v) is 3.42. The monoisotopic (exact) mass is 345 g/mol. The van der Waals surface area contributed by atoms with E-state index in [9.17, 15) is 9.59 Å². The van der Waals surface area contributed by atoms with Crippen LogP contribution in [0.4, 0.5) is 4.79 Å². The van der Waals surface area contributed by atoms with E-state index in [1.807, 2.05) is 35.9 Å². The van der Waals surface area contributed by atoms with Gasteiger partial charge in [0.1, 0.15) is 0 Å². The summed E-state index contributed by atoms with van der Waals surface area (Å²) in [6.45, 7) is 2.90. The van der Waals surface area contributed by atoms with Gasteiger partial charge in [0.05, 0.1) is 11.5 Å². The van der Waals surface area contributed by atoms with E-state index in [-0.39, 0.29) is 11.1 Å². The van der Waals surface area contributed by atoms with Crippen molar-refractivity contribution in [3.8, 4) is 5.75 Å². The molecule has 2 amide bonds. The summed E-state index contributed by atoms with van der Waals surface area (Å²) in [6, 6.07) is 3.79. The molecule has 0 bridgehead atoms. The molecule has 3 rings (SSSR count). The Labute approximate surface area is 144 Å². The van der Waals surface area contributed by atoms with E-state index in [1.54, 1.807) is 12.3 Å². The first-order chi connectivity index (χ1) is 11.7. The number of allylic oxidation sites excluding steroid dienone is 1. The number of imide groups is 1. The predicted molar refractivity (Wildman–Crippen MR) is 93.0 cm³/mol. The van der Waals surface area contributed by atoms with Gasteiger partial charge in [0.2, 0.25) is 0 Å². The van der Waals surface area contributed by atoms with E-state index in [4.69, 9.17) is 4.74 Å². The highest BCUT2D eigenvalue weighted by Crippen LogP contribution is 2.30. The average Bonchev–Trinajstić information content (AvgIpc) is 3.15.